The Morgan fingerprint density at radius 2 is 2.12 bits per heavy atom. The lowest BCUT2D eigenvalue weighted by atomic mass is 10.1. The summed E-state index contributed by atoms with van der Waals surface area (Å²) in [5.41, 5.74) is 1.54. The lowest BCUT2D eigenvalue weighted by molar-refractivity contribution is -0.122. The Morgan fingerprint density at radius 1 is 1.31 bits per heavy atom. The number of hydrogen-bond acceptors (Lipinski definition) is 7. The molecule has 2 aromatic rings. The summed E-state index contributed by atoms with van der Waals surface area (Å²) in [6.45, 7) is 1.03. The summed E-state index contributed by atoms with van der Waals surface area (Å²) in [4.78, 5) is 32.3. The van der Waals surface area contributed by atoms with Gasteiger partial charge < -0.3 is 15.0 Å². The van der Waals surface area contributed by atoms with Crippen LogP contribution in [0.4, 0.5) is 10.8 Å². The van der Waals surface area contributed by atoms with Gasteiger partial charge in [0.2, 0.25) is 21.8 Å². The number of aromatic nitrogens is 1. The number of nitrogens with one attached hydrogen (secondary N) is 1. The number of methoxy groups -OCH3 is 1. The highest BCUT2D eigenvalue weighted by atomic mass is 32.2. The summed E-state index contributed by atoms with van der Waals surface area (Å²) in [5, 5.41) is 3.07. The first kappa shape index (κ1) is 21.4. The Kier molecular flexibility index (Phi) is 5.42. The van der Waals surface area contributed by atoms with Crippen molar-refractivity contribution in [3.8, 4) is 5.75 Å². The number of carbonyl (C=O) groups excluding carboxylic acids is 2. The largest absolute Gasteiger partial charge is 0.497 e. The molecule has 3 aliphatic rings. The van der Waals surface area contributed by atoms with Gasteiger partial charge >= 0.3 is 0 Å². The molecule has 1 aliphatic carbocycles. The number of hydrogen-bond donors (Lipinski definition) is 1. The summed E-state index contributed by atoms with van der Waals surface area (Å²) in [6, 6.07) is 7.20. The zero-order chi connectivity index (χ0) is 22.5. The van der Waals surface area contributed by atoms with Gasteiger partial charge in [0, 0.05) is 49.1 Å². The van der Waals surface area contributed by atoms with E-state index < -0.39 is 15.9 Å². The summed E-state index contributed by atoms with van der Waals surface area (Å²) in [7, 11) is -1.66. The number of amides is 2. The van der Waals surface area contributed by atoms with Gasteiger partial charge in [-0.25, -0.2) is 13.4 Å². The van der Waals surface area contributed by atoms with Gasteiger partial charge in [-0.3, -0.25) is 9.59 Å². The summed E-state index contributed by atoms with van der Waals surface area (Å²) in [6.07, 6.45) is 2.14. The number of thiazole rings is 1. The molecule has 1 aromatic carbocycles. The molecule has 170 valence electrons. The number of benzene rings is 1. The number of ether oxygens (including phenoxy) is 1. The standard InChI is InChI=1S/C21H24N4O5S2/c1-30-15-4-2-3-14(10-15)25-11-13(9-19(25)26)20(27)23-21-22-17-7-8-24(12-18(17)31-21)32(28,29)16-5-6-16/h2-4,10,13,16H,5-9,11-12H2,1H3,(H,22,23,27). The highest BCUT2D eigenvalue weighted by Gasteiger charge is 2.42. The van der Waals surface area contributed by atoms with Crippen molar-refractivity contribution in [2.75, 3.05) is 30.4 Å². The quantitative estimate of drug-likeness (QED) is 0.683. The van der Waals surface area contributed by atoms with Crippen molar-refractivity contribution in [2.24, 2.45) is 5.92 Å². The van der Waals surface area contributed by atoms with Crippen LogP contribution in [0.1, 0.15) is 29.8 Å². The molecule has 2 amide bonds. The van der Waals surface area contributed by atoms with Gasteiger partial charge in [-0.2, -0.15) is 4.31 Å². The SMILES string of the molecule is COc1cccc(N2CC(C(=O)Nc3nc4c(s3)CN(S(=O)(=O)C3CC3)CC4)CC2=O)c1. The predicted molar refractivity (Wildman–Crippen MR) is 120 cm³/mol. The molecule has 9 nitrogen and oxygen atoms in total. The highest BCUT2D eigenvalue weighted by molar-refractivity contribution is 7.90. The third kappa shape index (κ3) is 4.00. The first-order chi connectivity index (χ1) is 15.3. The van der Waals surface area contributed by atoms with E-state index in [2.05, 4.69) is 10.3 Å². The van der Waals surface area contributed by atoms with Crippen LogP contribution in [0.3, 0.4) is 0 Å². The second-order valence-corrected chi connectivity index (χ2v) is 11.6. The number of sulfonamides is 1. The van der Waals surface area contributed by atoms with E-state index in [0.717, 1.165) is 23.4 Å². The third-order valence-corrected chi connectivity index (χ3v) is 9.44. The molecule has 32 heavy (non-hydrogen) atoms. The van der Waals surface area contributed by atoms with Gasteiger partial charge in [-0.05, 0) is 25.0 Å². The molecule has 3 heterocycles. The topological polar surface area (TPSA) is 109 Å². The molecular formula is C21H24N4O5S2. The average Bonchev–Trinajstić information content (AvgIpc) is 3.47. The monoisotopic (exact) mass is 476 g/mol. The Labute approximate surface area is 190 Å². The van der Waals surface area contributed by atoms with E-state index in [1.807, 2.05) is 12.1 Å². The van der Waals surface area contributed by atoms with Crippen LogP contribution in [-0.2, 0) is 32.6 Å². The van der Waals surface area contributed by atoms with Gasteiger partial charge in [0.1, 0.15) is 5.75 Å². The van der Waals surface area contributed by atoms with E-state index in [4.69, 9.17) is 4.74 Å². The second-order valence-electron chi connectivity index (χ2n) is 8.31. The molecule has 1 saturated carbocycles. The first-order valence-electron chi connectivity index (χ1n) is 10.6. The minimum absolute atomic E-state index is 0.113. The Bertz CT molecular complexity index is 1170. The maximum absolute atomic E-state index is 12.8. The number of rotatable bonds is 6. The van der Waals surface area contributed by atoms with Gasteiger partial charge in [-0.1, -0.05) is 6.07 Å². The molecule has 1 aromatic heterocycles. The van der Waals surface area contributed by atoms with Crippen LogP contribution in [0, 0.1) is 5.92 Å². The fourth-order valence-corrected chi connectivity index (χ4v) is 7.05. The summed E-state index contributed by atoms with van der Waals surface area (Å²) in [5.74, 6) is -0.203. The Hall–Kier alpha value is -2.50. The molecule has 1 saturated heterocycles. The maximum Gasteiger partial charge on any atom is 0.231 e. The van der Waals surface area contributed by atoms with Gasteiger partial charge in [0.05, 0.1) is 24.0 Å². The highest BCUT2D eigenvalue weighted by Crippen LogP contribution is 2.36. The van der Waals surface area contributed by atoms with E-state index in [0.29, 0.717) is 36.1 Å². The summed E-state index contributed by atoms with van der Waals surface area (Å²) >= 11 is 1.31. The van der Waals surface area contributed by atoms with Crippen molar-refractivity contribution >= 4 is 44.0 Å². The Balaban J connectivity index is 1.24. The number of nitrogens with zero attached hydrogens (tertiary/aromatic N) is 3. The lowest BCUT2D eigenvalue weighted by Gasteiger charge is -2.25. The summed E-state index contributed by atoms with van der Waals surface area (Å²) < 4.78 is 31.8. The lowest BCUT2D eigenvalue weighted by Crippen LogP contribution is -2.37. The van der Waals surface area contributed by atoms with Crippen molar-refractivity contribution in [1.29, 1.82) is 0 Å². The molecule has 0 radical (unpaired) electrons. The van der Waals surface area contributed by atoms with Crippen molar-refractivity contribution in [3.05, 3.63) is 34.8 Å². The number of carbonyl (C=O) groups is 2. The van der Waals surface area contributed by atoms with Crippen LogP contribution >= 0.6 is 11.3 Å². The predicted octanol–water partition coefficient (Wildman–Crippen LogP) is 1.99. The van der Waals surface area contributed by atoms with Crippen LogP contribution in [-0.4, -0.2) is 55.0 Å². The average molecular weight is 477 g/mol. The van der Waals surface area contributed by atoms with Crippen LogP contribution in [0.5, 0.6) is 5.75 Å². The Morgan fingerprint density at radius 3 is 2.88 bits per heavy atom. The van der Waals surface area contributed by atoms with E-state index in [1.54, 1.807) is 28.4 Å². The molecular weight excluding hydrogens is 452 g/mol. The molecule has 2 aliphatic heterocycles. The van der Waals surface area contributed by atoms with Crippen molar-refractivity contribution in [3.63, 3.8) is 0 Å². The molecule has 1 atom stereocenters. The number of fused-ring (bicyclic) bond motifs is 1. The zero-order valence-corrected chi connectivity index (χ0v) is 19.2. The minimum Gasteiger partial charge on any atom is -0.497 e. The first-order valence-corrected chi connectivity index (χ1v) is 12.9. The van der Waals surface area contributed by atoms with E-state index in [1.165, 1.54) is 11.3 Å². The van der Waals surface area contributed by atoms with E-state index >= 15 is 0 Å². The maximum atomic E-state index is 12.8. The van der Waals surface area contributed by atoms with Crippen molar-refractivity contribution in [1.82, 2.24) is 9.29 Å². The van der Waals surface area contributed by atoms with Crippen LogP contribution in [0.2, 0.25) is 0 Å². The molecule has 5 rings (SSSR count). The molecule has 0 spiro atoms. The molecule has 1 N–H and O–H groups in total. The van der Waals surface area contributed by atoms with Crippen molar-refractivity contribution in [2.45, 2.75) is 37.5 Å². The fourth-order valence-electron chi connectivity index (χ4n) is 4.14. The second kappa shape index (κ2) is 8.13. The van der Waals surface area contributed by atoms with Crippen LogP contribution < -0.4 is 15.0 Å². The fraction of sp³-hybridized carbons (Fsp3) is 0.476. The zero-order valence-electron chi connectivity index (χ0n) is 17.6. The van der Waals surface area contributed by atoms with Crippen LogP contribution in [0.25, 0.3) is 0 Å². The molecule has 0 bridgehead atoms. The molecule has 2 fully saturated rings. The van der Waals surface area contributed by atoms with Gasteiger partial charge in [-0.15, -0.1) is 11.3 Å². The number of anilines is 2. The third-order valence-electron chi connectivity index (χ3n) is 6.09. The van der Waals surface area contributed by atoms with Crippen molar-refractivity contribution < 1.29 is 22.7 Å². The minimum atomic E-state index is -3.23. The van der Waals surface area contributed by atoms with E-state index in [-0.39, 0.29) is 30.0 Å². The molecule has 1 unspecified atom stereocenters. The van der Waals surface area contributed by atoms with Gasteiger partial charge in [0.25, 0.3) is 0 Å². The smallest absolute Gasteiger partial charge is 0.231 e. The normalized spacial score (nSPS) is 21.5. The van der Waals surface area contributed by atoms with Gasteiger partial charge in [0.15, 0.2) is 5.13 Å². The van der Waals surface area contributed by atoms with E-state index in [9.17, 15) is 18.0 Å². The molecule has 11 heteroatoms. The van der Waals surface area contributed by atoms with Crippen LogP contribution in [0.15, 0.2) is 24.3 Å².